The molecule has 3 aromatic carbocycles. The molecule has 0 aliphatic carbocycles. The molecule has 2 amide bonds. The van der Waals surface area contributed by atoms with Crippen LogP contribution in [0.25, 0.3) is 0 Å². The number of hydrogen-bond donors (Lipinski definition) is 1. The van der Waals surface area contributed by atoms with E-state index in [-0.39, 0.29) is 11.5 Å². The summed E-state index contributed by atoms with van der Waals surface area (Å²) in [7, 11) is 0. The topological polar surface area (TPSA) is 73.2 Å². The van der Waals surface area contributed by atoms with Crippen LogP contribution in [0.1, 0.15) is 11.1 Å². The van der Waals surface area contributed by atoms with Crippen molar-refractivity contribution in [2.45, 2.75) is 18.6 Å². The highest BCUT2D eigenvalue weighted by atomic mass is 35.5. The molecule has 1 aliphatic heterocycles. The Hall–Kier alpha value is -3.53. The first-order valence-corrected chi connectivity index (χ1v) is 11.5. The summed E-state index contributed by atoms with van der Waals surface area (Å²) in [5.74, 6) is -0.737. The highest BCUT2D eigenvalue weighted by molar-refractivity contribution is 8.05. The fraction of sp³-hybridized carbons (Fsp3) is 0.115. The van der Waals surface area contributed by atoms with Crippen molar-refractivity contribution in [3.63, 3.8) is 0 Å². The van der Waals surface area contributed by atoms with Gasteiger partial charge in [0, 0.05) is 16.4 Å². The number of thioether (sulfide) groups is 1. The average Bonchev–Trinajstić information content (AvgIpc) is 3.11. The van der Waals surface area contributed by atoms with Crippen LogP contribution in [-0.2, 0) is 16.0 Å². The van der Waals surface area contributed by atoms with Crippen molar-refractivity contribution in [2.75, 3.05) is 10.2 Å². The molecule has 1 saturated heterocycles. The van der Waals surface area contributed by atoms with Crippen LogP contribution >= 0.6 is 23.4 Å². The van der Waals surface area contributed by atoms with Crippen molar-refractivity contribution in [2.24, 2.45) is 0 Å². The molecule has 164 valence electrons. The normalized spacial score (nSPS) is 16.9. The van der Waals surface area contributed by atoms with Gasteiger partial charge in [-0.15, -0.1) is 0 Å². The maximum Gasteiger partial charge on any atom is 0.269 e. The molecule has 0 radical (unpaired) electrons. The highest BCUT2D eigenvalue weighted by Gasteiger charge is 2.40. The second kappa shape index (κ2) is 9.95. The van der Waals surface area contributed by atoms with Crippen LogP contribution in [0.2, 0.25) is 5.02 Å². The third kappa shape index (κ3) is 5.11. The summed E-state index contributed by atoms with van der Waals surface area (Å²) in [6, 6.07) is 25.7. The van der Waals surface area contributed by atoms with Gasteiger partial charge in [0.25, 0.3) is 5.91 Å². The zero-order valence-corrected chi connectivity index (χ0v) is 19.4. The van der Waals surface area contributed by atoms with Crippen LogP contribution in [-0.4, -0.2) is 17.1 Å². The molecule has 33 heavy (non-hydrogen) atoms. The molecule has 5 nitrogen and oxygen atoms in total. The van der Waals surface area contributed by atoms with Crippen molar-refractivity contribution >= 4 is 46.6 Å². The first-order chi connectivity index (χ1) is 16.0. The first kappa shape index (κ1) is 22.7. The van der Waals surface area contributed by atoms with Crippen LogP contribution < -0.4 is 10.2 Å². The van der Waals surface area contributed by atoms with Gasteiger partial charge in [-0.25, -0.2) is 0 Å². The number of benzene rings is 3. The van der Waals surface area contributed by atoms with Crippen molar-refractivity contribution in [1.29, 1.82) is 5.26 Å². The maximum absolute atomic E-state index is 13.5. The number of carbonyl (C=O) groups excluding carboxylic acids is 2. The zero-order valence-electron chi connectivity index (χ0n) is 17.8. The predicted molar refractivity (Wildman–Crippen MR) is 133 cm³/mol. The average molecular weight is 474 g/mol. The van der Waals surface area contributed by atoms with Gasteiger partial charge in [0.1, 0.15) is 16.7 Å². The Balaban J connectivity index is 1.73. The van der Waals surface area contributed by atoms with Gasteiger partial charge in [0.05, 0.1) is 5.25 Å². The van der Waals surface area contributed by atoms with E-state index in [0.717, 1.165) is 11.1 Å². The molecular weight excluding hydrogens is 454 g/mol. The van der Waals surface area contributed by atoms with E-state index in [0.29, 0.717) is 27.8 Å². The summed E-state index contributed by atoms with van der Waals surface area (Å²) in [6.07, 6.45) is 0.426. The smallest absolute Gasteiger partial charge is 0.269 e. The number of halogens is 1. The molecule has 4 rings (SSSR count). The van der Waals surface area contributed by atoms with Crippen LogP contribution in [0.5, 0.6) is 0 Å². The minimum Gasteiger partial charge on any atom is -0.321 e. The molecule has 1 aliphatic rings. The number of anilines is 2. The van der Waals surface area contributed by atoms with E-state index in [4.69, 9.17) is 11.6 Å². The molecule has 1 atom stereocenters. The maximum atomic E-state index is 13.5. The summed E-state index contributed by atoms with van der Waals surface area (Å²) in [5, 5.41) is 13.1. The SMILES string of the molecule is Cc1ccc(N2C(=O)[C@@H](Cc3cccc(Cl)c3)S/C2=C(/C#N)C(=O)Nc2ccccc2)cc1. The lowest BCUT2D eigenvalue weighted by molar-refractivity contribution is -0.117. The van der Waals surface area contributed by atoms with Gasteiger partial charge in [0.2, 0.25) is 5.91 Å². The van der Waals surface area contributed by atoms with Crippen molar-refractivity contribution in [3.8, 4) is 6.07 Å². The Kier molecular flexibility index (Phi) is 6.83. The lowest BCUT2D eigenvalue weighted by Crippen LogP contribution is -2.30. The fourth-order valence-corrected chi connectivity index (χ4v) is 5.03. The van der Waals surface area contributed by atoms with Crippen LogP contribution in [0, 0.1) is 18.3 Å². The van der Waals surface area contributed by atoms with Crippen molar-refractivity contribution < 1.29 is 9.59 Å². The molecule has 0 saturated carbocycles. The van der Waals surface area contributed by atoms with Gasteiger partial charge in [-0.1, -0.05) is 71.4 Å². The third-order valence-electron chi connectivity index (χ3n) is 5.14. The Morgan fingerprint density at radius 2 is 1.82 bits per heavy atom. The standard InChI is InChI=1S/C26H20ClN3O2S/c1-17-10-12-21(13-11-17)30-25(32)23(15-18-6-5-7-19(27)14-18)33-26(30)22(16-28)24(31)29-20-8-3-2-4-9-20/h2-14,23H,15H2,1H3,(H,29,31)/b26-22-/t23-/m1/s1. The summed E-state index contributed by atoms with van der Waals surface area (Å²) in [4.78, 5) is 28.0. The van der Waals surface area contributed by atoms with Gasteiger partial charge < -0.3 is 5.32 Å². The lowest BCUT2D eigenvalue weighted by atomic mass is 10.1. The summed E-state index contributed by atoms with van der Waals surface area (Å²) in [5.41, 5.74) is 3.03. The zero-order chi connectivity index (χ0) is 23.4. The van der Waals surface area contributed by atoms with E-state index in [1.165, 1.54) is 16.7 Å². The molecular formula is C26H20ClN3O2S. The predicted octanol–water partition coefficient (Wildman–Crippen LogP) is 5.71. The fourth-order valence-electron chi connectivity index (χ4n) is 3.51. The number of para-hydroxylation sites is 1. The number of hydrogen-bond acceptors (Lipinski definition) is 4. The minimum atomic E-state index is -0.556. The molecule has 1 heterocycles. The second-order valence-corrected chi connectivity index (χ2v) is 9.19. The Labute approximate surface area is 201 Å². The number of rotatable bonds is 5. The molecule has 1 N–H and O–H groups in total. The number of amides is 2. The lowest BCUT2D eigenvalue weighted by Gasteiger charge is -2.19. The van der Waals surface area contributed by atoms with E-state index in [2.05, 4.69) is 5.32 Å². The number of carbonyl (C=O) groups is 2. The number of nitrogens with zero attached hydrogens (tertiary/aromatic N) is 2. The highest BCUT2D eigenvalue weighted by Crippen LogP contribution is 2.42. The number of nitriles is 1. The van der Waals surface area contributed by atoms with Gasteiger partial charge in [0.15, 0.2) is 0 Å². The van der Waals surface area contributed by atoms with Crippen molar-refractivity contribution in [1.82, 2.24) is 0 Å². The molecule has 3 aromatic rings. The number of nitrogens with one attached hydrogen (secondary N) is 1. The molecule has 1 fully saturated rings. The van der Waals surface area contributed by atoms with E-state index in [1.807, 2.05) is 61.5 Å². The van der Waals surface area contributed by atoms with E-state index >= 15 is 0 Å². The quantitative estimate of drug-likeness (QED) is 0.380. The van der Waals surface area contributed by atoms with Gasteiger partial charge >= 0.3 is 0 Å². The third-order valence-corrected chi connectivity index (χ3v) is 6.64. The van der Waals surface area contributed by atoms with Crippen LogP contribution in [0.15, 0.2) is 89.5 Å². The van der Waals surface area contributed by atoms with Crippen molar-refractivity contribution in [3.05, 3.63) is 106 Å². The van der Waals surface area contributed by atoms with Gasteiger partial charge in [-0.05, 0) is 55.3 Å². The summed E-state index contributed by atoms with van der Waals surface area (Å²) < 4.78 is 0. The second-order valence-electron chi connectivity index (χ2n) is 7.56. The molecule has 7 heteroatoms. The molecule has 0 spiro atoms. The first-order valence-electron chi connectivity index (χ1n) is 10.3. The number of aryl methyl sites for hydroxylation is 1. The summed E-state index contributed by atoms with van der Waals surface area (Å²) >= 11 is 7.35. The Morgan fingerprint density at radius 3 is 2.48 bits per heavy atom. The largest absolute Gasteiger partial charge is 0.321 e. The molecule has 0 bridgehead atoms. The molecule has 0 unspecified atom stereocenters. The van der Waals surface area contributed by atoms with Gasteiger partial charge in [-0.2, -0.15) is 5.26 Å². The minimum absolute atomic E-state index is 0.105. The Bertz CT molecular complexity index is 1270. The van der Waals surface area contributed by atoms with Crippen LogP contribution in [0.4, 0.5) is 11.4 Å². The van der Waals surface area contributed by atoms with E-state index in [1.54, 1.807) is 30.3 Å². The Morgan fingerprint density at radius 1 is 1.09 bits per heavy atom. The summed E-state index contributed by atoms with van der Waals surface area (Å²) in [6.45, 7) is 1.96. The van der Waals surface area contributed by atoms with Crippen LogP contribution in [0.3, 0.4) is 0 Å². The monoisotopic (exact) mass is 473 g/mol. The van der Waals surface area contributed by atoms with Gasteiger partial charge in [-0.3, -0.25) is 14.5 Å². The van der Waals surface area contributed by atoms with E-state index < -0.39 is 11.2 Å². The molecule has 0 aromatic heterocycles. The van der Waals surface area contributed by atoms with E-state index in [9.17, 15) is 14.9 Å².